The molecule has 2 heterocycles. The number of carbonyl (C=O) groups excluding carboxylic acids is 2. The number of anilines is 1. The highest BCUT2D eigenvalue weighted by atomic mass is 32.1. The van der Waals surface area contributed by atoms with Crippen LogP contribution in [0.3, 0.4) is 0 Å². The van der Waals surface area contributed by atoms with Crippen molar-refractivity contribution in [1.29, 1.82) is 0 Å². The highest BCUT2D eigenvalue weighted by Gasteiger charge is 2.13. The van der Waals surface area contributed by atoms with Crippen LogP contribution in [0.1, 0.15) is 20.2 Å². The van der Waals surface area contributed by atoms with Gasteiger partial charge in [-0.05, 0) is 36.4 Å². The second kappa shape index (κ2) is 8.16. The van der Waals surface area contributed by atoms with Gasteiger partial charge in [-0.15, -0.1) is 11.3 Å². The zero-order valence-corrected chi connectivity index (χ0v) is 14.0. The van der Waals surface area contributed by atoms with Crippen LogP contribution < -0.4 is 15.4 Å². The number of benzene rings is 1. The van der Waals surface area contributed by atoms with Gasteiger partial charge in [0.25, 0.3) is 11.8 Å². The van der Waals surface area contributed by atoms with Crippen molar-refractivity contribution in [3.8, 4) is 5.75 Å². The number of para-hydroxylation sites is 1. The van der Waals surface area contributed by atoms with Gasteiger partial charge in [0.2, 0.25) is 0 Å². The Balaban J connectivity index is 1.45. The van der Waals surface area contributed by atoms with Crippen molar-refractivity contribution in [3.63, 3.8) is 0 Å². The van der Waals surface area contributed by atoms with E-state index in [9.17, 15) is 9.59 Å². The molecule has 7 heteroatoms. The predicted octanol–water partition coefficient (Wildman–Crippen LogP) is 3.40. The highest BCUT2D eigenvalue weighted by Crippen LogP contribution is 2.22. The van der Waals surface area contributed by atoms with Gasteiger partial charge in [-0.3, -0.25) is 9.59 Å². The SMILES string of the molecule is O=C(Nc1ccc(C(=O)NCCOc2ccccc2)s1)c1ccco1. The molecule has 0 fully saturated rings. The van der Waals surface area contributed by atoms with E-state index in [0.717, 1.165) is 5.75 Å². The van der Waals surface area contributed by atoms with E-state index in [2.05, 4.69) is 10.6 Å². The molecule has 0 atom stereocenters. The van der Waals surface area contributed by atoms with Crippen molar-refractivity contribution in [1.82, 2.24) is 5.32 Å². The van der Waals surface area contributed by atoms with E-state index in [4.69, 9.17) is 9.15 Å². The lowest BCUT2D eigenvalue weighted by molar-refractivity contribution is 0.0949. The zero-order valence-electron chi connectivity index (χ0n) is 13.2. The topological polar surface area (TPSA) is 80.6 Å². The Morgan fingerprint density at radius 2 is 1.84 bits per heavy atom. The minimum atomic E-state index is -0.352. The number of thiophene rings is 1. The van der Waals surface area contributed by atoms with E-state index in [-0.39, 0.29) is 17.6 Å². The molecule has 0 spiro atoms. The van der Waals surface area contributed by atoms with Crippen LogP contribution in [0.4, 0.5) is 5.00 Å². The summed E-state index contributed by atoms with van der Waals surface area (Å²) in [6.07, 6.45) is 1.43. The maximum atomic E-state index is 12.1. The summed E-state index contributed by atoms with van der Waals surface area (Å²) in [5.41, 5.74) is 0. The van der Waals surface area contributed by atoms with Gasteiger partial charge in [-0.1, -0.05) is 18.2 Å². The zero-order chi connectivity index (χ0) is 17.5. The molecule has 2 amide bonds. The molecule has 25 heavy (non-hydrogen) atoms. The Morgan fingerprint density at radius 3 is 2.60 bits per heavy atom. The maximum Gasteiger partial charge on any atom is 0.291 e. The molecule has 0 radical (unpaired) electrons. The number of hydrogen-bond acceptors (Lipinski definition) is 5. The molecule has 0 aliphatic heterocycles. The summed E-state index contributed by atoms with van der Waals surface area (Å²) in [5.74, 6) is 0.420. The third-order valence-electron chi connectivity index (χ3n) is 3.21. The molecule has 0 saturated heterocycles. The summed E-state index contributed by atoms with van der Waals surface area (Å²) >= 11 is 1.19. The van der Waals surface area contributed by atoms with Gasteiger partial charge in [0.05, 0.1) is 22.7 Å². The van der Waals surface area contributed by atoms with Crippen molar-refractivity contribution in [2.45, 2.75) is 0 Å². The average molecular weight is 356 g/mol. The molecule has 1 aromatic carbocycles. The first-order valence-corrected chi connectivity index (χ1v) is 8.45. The van der Waals surface area contributed by atoms with Crippen molar-refractivity contribution in [2.24, 2.45) is 0 Å². The molecule has 0 aliphatic rings. The number of furan rings is 1. The first-order chi connectivity index (χ1) is 12.2. The van der Waals surface area contributed by atoms with Crippen LogP contribution in [-0.2, 0) is 0 Å². The quantitative estimate of drug-likeness (QED) is 0.636. The van der Waals surface area contributed by atoms with Crippen molar-refractivity contribution in [2.75, 3.05) is 18.5 Å². The van der Waals surface area contributed by atoms with Gasteiger partial charge in [0.1, 0.15) is 12.4 Å². The first kappa shape index (κ1) is 16.8. The number of hydrogen-bond donors (Lipinski definition) is 2. The minimum absolute atomic E-state index is 0.208. The number of carbonyl (C=O) groups is 2. The number of nitrogens with one attached hydrogen (secondary N) is 2. The molecule has 2 N–H and O–H groups in total. The third-order valence-corrected chi connectivity index (χ3v) is 4.21. The Hall–Kier alpha value is -3.06. The van der Waals surface area contributed by atoms with E-state index in [1.165, 1.54) is 17.6 Å². The second-order valence-electron chi connectivity index (χ2n) is 5.01. The van der Waals surface area contributed by atoms with Gasteiger partial charge >= 0.3 is 0 Å². The second-order valence-corrected chi connectivity index (χ2v) is 6.10. The molecule has 6 nitrogen and oxygen atoms in total. The smallest absolute Gasteiger partial charge is 0.291 e. The molecule has 0 bridgehead atoms. The molecule has 0 saturated carbocycles. The fraction of sp³-hybridized carbons (Fsp3) is 0.111. The highest BCUT2D eigenvalue weighted by molar-refractivity contribution is 7.18. The van der Waals surface area contributed by atoms with Gasteiger partial charge in [0.15, 0.2) is 5.76 Å². The summed E-state index contributed by atoms with van der Waals surface area (Å²) in [7, 11) is 0. The van der Waals surface area contributed by atoms with Crippen LogP contribution in [0.5, 0.6) is 5.75 Å². The minimum Gasteiger partial charge on any atom is -0.492 e. The summed E-state index contributed by atoms with van der Waals surface area (Å²) in [6.45, 7) is 0.767. The Labute approximate surface area is 148 Å². The molecule has 3 aromatic rings. The van der Waals surface area contributed by atoms with Crippen LogP contribution in [0.25, 0.3) is 0 Å². The Bertz CT molecular complexity index is 828. The molecule has 128 valence electrons. The molecular formula is C18H16N2O4S. The molecule has 0 unspecified atom stereocenters. The number of rotatable bonds is 7. The average Bonchev–Trinajstić information content (AvgIpc) is 3.31. The lowest BCUT2D eigenvalue weighted by Crippen LogP contribution is -2.27. The van der Waals surface area contributed by atoms with Crippen LogP contribution in [0, 0.1) is 0 Å². The van der Waals surface area contributed by atoms with E-state index < -0.39 is 0 Å². The molecular weight excluding hydrogens is 340 g/mol. The van der Waals surface area contributed by atoms with Crippen LogP contribution >= 0.6 is 11.3 Å². The van der Waals surface area contributed by atoms with Crippen molar-refractivity contribution >= 4 is 28.2 Å². The van der Waals surface area contributed by atoms with Crippen molar-refractivity contribution in [3.05, 3.63) is 71.5 Å². The third kappa shape index (κ3) is 4.71. The van der Waals surface area contributed by atoms with Crippen LogP contribution in [-0.4, -0.2) is 25.0 Å². The monoisotopic (exact) mass is 356 g/mol. The van der Waals surface area contributed by atoms with Gasteiger partial charge in [-0.25, -0.2) is 0 Å². The molecule has 2 aromatic heterocycles. The van der Waals surface area contributed by atoms with Crippen molar-refractivity contribution < 1.29 is 18.7 Å². The lowest BCUT2D eigenvalue weighted by Gasteiger charge is -2.06. The maximum absolute atomic E-state index is 12.1. The van der Waals surface area contributed by atoms with E-state index in [0.29, 0.717) is 23.0 Å². The summed E-state index contributed by atoms with van der Waals surface area (Å²) in [6, 6.07) is 16.0. The van der Waals surface area contributed by atoms with Gasteiger partial charge in [0, 0.05) is 0 Å². The number of ether oxygens (including phenoxy) is 1. The predicted molar refractivity (Wildman–Crippen MR) is 95.3 cm³/mol. The van der Waals surface area contributed by atoms with Crippen LogP contribution in [0.2, 0.25) is 0 Å². The first-order valence-electron chi connectivity index (χ1n) is 7.63. The van der Waals surface area contributed by atoms with E-state index in [1.54, 1.807) is 24.3 Å². The summed E-state index contributed by atoms with van der Waals surface area (Å²) < 4.78 is 10.5. The largest absolute Gasteiger partial charge is 0.492 e. The van der Waals surface area contributed by atoms with E-state index >= 15 is 0 Å². The fourth-order valence-electron chi connectivity index (χ4n) is 2.05. The van der Waals surface area contributed by atoms with E-state index in [1.807, 2.05) is 30.3 Å². The molecule has 0 aliphatic carbocycles. The Kier molecular flexibility index (Phi) is 5.48. The number of amides is 2. The Morgan fingerprint density at radius 1 is 1.00 bits per heavy atom. The summed E-state index contributed by atoms with van der Waals surface area (Å²) in [4.78, 5) is 24.5. The standard InChI is InChI=1S/C18H16N2O4S/c21-17(14-7-4-11-24-14)20-16-9-8-15(25-16)18(22)19-10-12-23-13-5-2-1-3-6-13/h1-9,11H,10,12H2,(H,19,22)(H,20,21). The van der Waals surface area contributed by atoms with Crippen LogP contribution in [0.15, 0.2) is 65.3 Å². The van der Waals surface area contributed by atoms with Gasteiger partial charge in [-0.2, -0.15) is 0 Å². The lowest BCUT2D eigenvalue weighted by atomic mass is 10.3. The molecule has 3 rings (SSSR count). The fourth-order valence-corrected chi connectivity index (χ4v) is 2.86. The van der Waals surface area contributed by atoms with Gasteiger partial charge < -0.3 is 19.8 Å². The summed E-state index contributed by atoms with van der Waals surface area (Å²) in [5, 5.41) is 6.04. The normalized spacial score (nSPS) is 10.2.